The molecule has 0 aliphatic carbocycles. The summed E-state index contributed by atoms with van der Waals surface area (Å²) in [5, 5.41) is 15.9. The number of amides is 1. The van der Waals surface area contributed by atoms with E-state index in [2.05, 4.69) is 10.1 Å². The van der Waals surface area contributed by atoms with Gasteiger partial charge in [0.15, 0.2) is 16.7 Å². The van der Waals surface area contributed by atoms with Crippen molar-refractivity contribution in [2.45, 2.75) is 0 Å². The molecule has 1 N–H and O–H groups in total. The zero-order valence-corrected chi connectivity index (χ0v) is 15.1. The van der Waals surface area contributed by atoms with E-state index in [1.54, 1.807) is 37.5 Å². The van der Waals surface area contributed by atoms with Gasteiger partial charge in [-0.1, -0.05) is 36.4 Å². The highest BCUT2D eigenvalue weighted by atomic mass is 32.2. The molecule has 0 bridgehead atoms. The van der Waals surface area contributed by atoms with Gasteiger partial charge in [-0.3, -0.25) is 9.79 Å². The van der Waals surface area contributed by atoms with E-state index in [9.17, 15) is 9.90 Å². The van der Waals surface area contributed by atoms with Crippen LogP contribution in [0, 0.1) is 0 Å². The third-order valence-electron chi connectivity index (χ3n) is 3.60. The van der Waals surface area contributed by atoms with Crippen molar-refractivity contribution in [2.24, 2.45) is 10.1 Å². The molecule has 1 aliphatic heterocycles. The minimum Gasteiger partial charge on any atom is -0.504 e. The number of hydrogen-bond donors (Lipinski definition) is 1. The number of phenolic OH excluding ortho intramolecular Hbond substituents is 1. The van der Waals surface area contributed by atoms with Crippen LogP contribution in [0.4, 0.5) is 0 Å². The van der Waals surface area contributed by atoms with Crippen LogP contribution in [-0.2, 0) is 4.79 Å². The predicted octanol–water partition coefficient (Wildman–Crippen LogP) is 3.34. The van der Waals surface area contributed by atoms with Crippen molar-refractivity contribution in [1.29, 1.82) is 0 Å². The third kappa shape index (κ3) is 3.78. The fraction of sp³-hybridized carbons (Fsp3) is 0.105. The maximum absolute atomic E-state index is 12.7. The summed E-state index contributed by atoms with van der Waals surface area (Å²) in [6, 6.07) is 14.5. The Balaban J connectivity index is 1.86. The zero-order chi connectivity index (χ0) is 18.5. The van der Waals surface area contributed by atoms with E-state index in [-0.39, 0.29) is 11.7 Å². The fourth-order valence-corrected chi connectivity index (χ4v) is 3.19. The van der Waals surface area contributed by atoms with Crippen molar-refractivity contribution in [3.63, 3.8) is 0 Å². The number of benzene rings is 2. The summed E-state index contributed by atoms with van der Waals surface area (Å²) in [5.41, 5.74) is 1.57. The van der Waals surface area contributed by atoms with Crippen molar-refractivity contribution >= 4 is 35.1 Å². The average Bonchev–Trinajstić information content (AvgIpc) is 2.96. The normalized spacial score (nSPS) is 17.6. The second-order valence-corrected chi connectivity index (χ2v) is 6.33. The molecule has 0 saturated carbocycles. The third-order valence-corrected chi connectivity index (χ3v) is 4.65. The van der Waals surface area contributed by atoms with Gasteiger partial charge in [0.05, 0.1) is 18.2 Å². The molecule has 6 nitrogen and oxygen atoms in total. The maximum atomic E-state index is 12.7. The molecule has 1 heterocycles. The first kappa shape index (κ1) is 17.8. The second kappa shape index (κ2) is 7.88. The van der Waals surface area contributed by atoms with E-state index in [1.165, 1.54) is 23.9 Å². The number of ether oxygens (including phenoxy) is 1. The Morgan fingerprint density at radius 1 is 1.15 bits per heavy atom. The van der Waals surface area contributed by atoms with Gasteiger partial charge in [0.2, 0.25) is 0 Å². The van der Waals surface area contributed by atoms with Gasteiger partial charge in [-0.25, -0.2) is 0 Å². The molecule has 1 amide bonds. The minimum atomic E-state index is -0.266. The molecule has 0 aromatic heterocycles. The van der Waals surface area contributed by atoms with Gasteiger partial charge >= 0.3 is 0 Å². The largest absolute Gasteiger partial charge is 0.504 e. The molecule has 2 aromatic rings. The molecule has 3 rings (SSSR count). The van der Waals surface area contributed by atoms with Crippen molar-refractivity contribution in [2.75, 3.05) is 14.2 Å². The number of phenols is 1. The highest BCUT2D eigenvalue weighted by Gasteiger charge is 2.33. The first-order valence-corrected chi connectivity index (χ1v) is 8.61. The van der Waals surface area contributed by atoms with Crippen LogP contribution in [0.1, 0.15) is 11.1 Å². The zero-order valence-electron chi connectivity index (χ0n) is 14.3. The monoisotopic (exact) mass is 367 g/mol. The van der Waals surface area contributed by atoms with Gasteiger partial charge in [-0.15, -0.1) is 0 Å². The topological polar surface area (TPSA) is 74.5 Å². The lowest BCUT2D eigenvalue weighted by molar-refractivity contribution is -0.122. The summed E-state index contributed by atoms with van der Waals surface area (Å²) in [7, 11) is 3.10. The van der Waals surface area contributed by atoms with E-state index in [4.69, 9.17) is 4.74 Å². The van der Waals surface area contributed by atoms with Crippen molar-refractivity contribution in [1.82, 2.24) is 5.01 Å². The number of carbonyl (C=O) groups excluding carboxylic acids is 1. The summed E-state index contributed by atoms with van der Waals surface area (Å²) in [6.07, 6.45) is 3.31. The first-order valence-electron chi connectivity index (χ1n) is 7.79. The number of methoxy groups -OCH3 is 1. The van der Waals surface area contributed by atoms with Gasteiger partial charge in [0.1, 0.15) is 0 Å². The Kier molecular flexibility index (Phi) is 5.38. The molecule has 7 heteroatoms. The molecule has 26 heavy (non-hydrogen) atoms. The van der Waals surface area contributed by atoms with Gasteiger partial charge in [0, 0.05) is 7.05 Å². The van der Waals surface area contributed by atoms with Crippen molar-refractivity contribution < 1.29 is 14.6 Å². The van der Waals surface area contributed by atoms with Crippen molar-refractivity contribution in [3.05, 3.63) is 64.6 Å². The molecule has 1 saturated heterocycles. The molecular weight excluding hydrogens is 350 g/mol. The quantitative estimate of drug-likeness (QED) is 0.664. The SMILES string of the molecule is CN=C1S/C(=C/c2ccc(OC)c(O)c2)C(=O)N1/N=C/c1ccccc1. The van der Waals surface area contributed by atoms with E-state index in [0.29, 0.717) is 21.4 Å². The number of amidine groups is 1. The Bertz CT molecular complexity index is 908. The predicted molar refractivity (Wildman–Crippen MR) is 104 cm³/mol. The van der Waals surface area contributed by atoms with Gasteiger partial charge < -0.3 is 9.84 Å². The Morgan fingerprint density at radius 2 is 1.92 bits per heavy atom. The Labute approximate surface area is 155 Å². The molecule has 1 fully saturated rings. The average molecular weight is 367 g/mol. The van der Waals surface area contributed by atoms with Gasteiger partial charge in [-0.2, -0.15) is 10.1 Å². The molecular formula is C19H17N3O3S. The number of nitrogens with zero attached hydrogens (tertiary/aromatic N) is 3. The highest BCUT2D eigenvalue weighted by molar-refractivity contribution is 8.18. The van der Waals surface area contributed by atoms with Crippen LogP contribution in [0.5, 0.6) is 11.5 Å². The summed E-state index contributed by atoms with van der Waals surface area (Å²) in [5.74, 6) is 0.126. The molecule has 0 atom stereocenters. The van der Waals surface area contributed by atoms with E-state index in [0.717, 1.165) is 5.56 Å². The highest BCUT2D eigenvalue weighted by Crippen LogP contribution is 2.34. The van der Waals surface area contributed by atoms with E-state index in [1.807, 2.05) is 30.3 Å². The molecule has 0 spiro atoms. The van der Waals surface area contributed by atoms with Gasteiger partial charge in [0.25, 0.3) is 5.91 Å². The number of thioether (sulfide) groups is 1. The Morgan fingerprint density at radius 3 is 2.58 bits per heavy atom. The molecule has 1 aliphatic rings. The van der Waals surface area contributed by atoms with E-state index < -0.39 is 0 Å². The van der Waals surface area contributed by atoms with Crippen LogP contribution in [-0.4, -0.2) is 41.6 Å². The van der Waals surface area contributed by atoms with Gasteiger partial charge in [-0.05, 0) is 41.1 Å². The molecule has 132 valence electrons. The van der Waals surface area contributed by atoms with Crippen LogP contribution in [0.25, 0.3) is 6.08 Å². The van der Waals surface area contributed by atoms with E-state index >= 15 is 0 Å². The number of hydrazone groups is 1. The summed E-state index contributed by atoms with van der Waals surface area (Å²) < 4.78 is 5.03. The maximum Gasteiger partial charge on any atom is 0.287 e. The Hall–Kier alpha value is -3.06. The van der Waals surface area contributed by atoms with Crippen LogP contribution in [0.15, 0.2) is 63.5 Å². The second-order valence-electron chi connectivity index (χ2n) is 5.32. The van der Waals surface area contributed by atoms with Crippen LogP contribution >= 0.6 is 11.8 Å². The fourth-order valence-electron chi connectivity index (χ4n) is 2.32. The molecule has 0 unspecified atom stereocenters. The molecule has 0 radical (unpaired) electrons. The standard InChI is InChI=1S/C19H17N3O3S/c1-20-19-22(21-12-13-6-4-3-5-7-13)18(24)17(26-19)11-14-8-9-16(25-2)15(23)10-14/h3-12,23H,1-2H3/b17-11+,20-19?,21-12+. The number of hydrogen-bond acceptors (Lipinski definition) is 6. The number of aliphatic imine (C=N–C) groups is 1. The lowest BCUT2D eigenvalue weighted by atomic mass is 10.2. The van der Waals surface area contributed by atoms with Crippen LogP contribution in [0.3, 0.4) is 0 Å². The summed E-state index contributed by atoms with van der Waals surface area (Å²) in [6.45, 7) is 0. The van der Waals surface area contributed by atoms with Crippen molar-refractivity contribution in [3.8, 4) is 11.5 Å². The first-order chi connectivity index (χ1) is 12.6. The lowest BCUT2D eigenvalue weighted by Gasteiger charge is -2.07. The smallest absolute Gasteiger partial charge is 0.287 e. The van der Waals surface area contributed by atoms with Crippen LogP contribution in [0.2, 0.25) is 0 Å². The van der Waals surface area contributed by atoms with Crippen LogP contribution < -0.4 is 4.74 Å². The lowest BCUT2D eigenvalue weighted by Crippen LogP contribution is -2.23. The number of rotatable bonds is 4. The minimum absolute atomic E-state index is 0.0145. The number of carbonyl (C=O) groups is 1. The molecule has 2 aromatic carbocycles. The summed E-state index contributed by atoms with van der Waals surface area (Å²) >= 11 is 1.23. The summed E-state index contributed by atoms with van der Waals surface area (Å²) in [4.78, 5) is 17.3. The number of aromatic hydroxyl groups is 1.